The van der Waals surface area contributed by atoms with Crippen molar-refractivity contribution in [1.29, 1.82) is 0 Å². The molecule has 0 spiro atoms. The third-order valence-electron chi connectivity index (χ3n) is 4.67. The highest BCUT2D eigenvalue weighted by atomic mass is 32.2. The highest BCUT2D eigenvalue weighted by Gasteiger charge is 2.30. The summed E-state index contributed by atoms with van der Waals surface area (Å²) in [7, 11) is 0. The molecule has 0 bridgehead atoms. The van der Waals surface area contributed by atoms with Crippen LogP contribution >= 0.6 is 0 Å². The summed E-state index contributed by atoms with van der Waals surface area (Å²) < 4.78 is 20.2. The average Bonchev–Trinajstić information content (AvgIpc) is 2.44. The van der Waals surface area contributed by atoms with Crippen molar-refractivity contribution in [1.82, 2.24) is 0 Å². The Morgan fingerprint density at radius 1 is 1.20 bits per heavy atom. The van der Waals surface area contributed by atoms with Crippen LogP contribution in [-0.4, -0.2) is 8.76 Å². The van der Waals surface area contributed by atoms with E-state index in [-0.39, 0.29) is 5.41 Å². The fourth-order valence-corrected chi connectivity index (χ4v) is 2.91. The van der Waals surface area contributed by atoms with Crippen molar-refractivity contribution in [2.24, 2.45) is 11.3 Å². The minimum atomic E-state index is -1.89. The summed E-state index contributed by atoms with van der Waals surface area (Å²) in [5, 5.41) is 0. The Kier molecular flexibility index (Phi) is 6.41. The molecule has 3 atom stereocenters. The minimum absolute atomic E-state index is 0.239. The van der Waals surface area contributed by atoms with Gasteiger partial charge in [0.05, 0.1) is 4.90 Å². The predicted molar refractivity (Wildman–Crippen MR) is 86.4 cm³/mol. The molecule has 0 aliphatic rings. The number of rotatable bonds is 7. The fraction of sp³-hybridized carbons (Fsp3) is 0.647. The van der Waals surface area contributed by atoms with Gasteiger partial charge in [0, 0.05) is 0 Å². The van der Waals surface area contributed by atoms with E-state index >= 15 is 0 Å². The molecule has 0 fully saturated rings. The molecule has 0 amide bonds. The molecule has 3 unspecified atom stereocenters. The van der Waals surface area contributed by atoms with Gasteiger partial charge in [0.25, 0.3) is 0 Å². The summed E-state index contributed by atoms with van der Waals surface area (Å²) in [5.41, 5.74) is 1.52. The summed E-state index contributed by atoms with van der Waals surface area (Å²) in [6.07, 6.45) is 3.48. The molecule has 0 radical (unpaired) electrons. The van der Waals surface area contributed by atoms with E-state index < -0.39 is 11.1 Å². The molecule has 0 aliphatic carbocycles. The van der Waals surface area contributed by atoms with Gasteiger partial charge in [0.15, 0.2) is 11.1 Å². The second-order valence-electron chi connectivity index (χ2n) is 6.46. The lowest BCUT2D eigenvalue weighted by molar-refractivity contribution is 0.236. The molecule has 0 heterocycles. The van der Waals surface area contributed by atoms with Crippen LogP contribution in [-0.2, 0) is 11.1 Å². The Bertz CT molecular complexity index is 437. The standard InChI is InChI=1S/C17H28O2S/c1-6-13(3)12-16(17(4,5)7-2)14-8-10-15(11-9-14)20(18)19/h8-11,13,16H,6-7,12H2,1-5H3,(H,18,19). The number of hydrogen-bond acceptors (Lipinski definition) is 1. The van der Waals surface area contributed by atoms with Crippen LogP contribution in [0.1, 0.15) is 65.4 Å². The predicted octanol–water partition coefficient (Wildman–Crippen LogP) is 5.22. The van der Waals surface area contributed by atoms with Crippen LogP contribution in [0, 0.1) is 11.3 Å². The largest absolute Gasteiger partial charge is 0.302 e. The van der Waals surface area contributed by atoms with Crippen LogP contribution in [0.4, 0.5) is 0 Å². The van der Waals surface area contributed by atoms with Crippen LogP contribution in [0.2, 0.25) is 0 Å². The third kappa shape index (κ3) is 4.42. The van der Waals surface area contributed by atoms with Gasteiger partial charge in [-0.05, 0) is 41.4 Å². The van der Waals surface area contributed by atoms with E-state index in [1.165, 1.54) is 18.4 Å². The van der Waals surface area contributed by atoms with Crippen LogP contribution in [0.25, 0.3) is 0 Å². The average molecular weight is 296 g/mol. The van der Waals surface area contributed by atoms with E-state index in [2.05, 4.69) is 34.6 Å². The summed E-state index contributed by atoms with van der Waals surface area (Å²) in [6.45, 7) is 11.4. The van der Waals surface area contributed by atoms with E-state index in [1.54, 1.807) is 12.1 Å². The maximum absolute atomic E-state index is 11.1. The van der Waals surface area contributed by atoms with Crippen LogP contribution in [0.3, 0.4) is 0 Å². The first-order valence-electron chi connectivity index (χ1n) is 7.52. The fourth-order valence-electron chi connectivity index (χ4n) is 2.54. The van der Waals surface area contributed by atoms with Gasteiger partial charge in [-0.15, -0.1) is 0 Å². The summed E-state index contributed by atoms with van der Waals surface area (Å²) in [4.78, 5) is 0.477. The van der Waals surface area contributed by atoms with Crippen molar-refractivity contribution in [2.75, 3.05) is 0 Å². The van der Waals surface area contributed by atoms with Crippen LogP contribution in [0.15, 0.2) is 29.2 Å². The zero-order valence-corrected chi connectivity index (χ0v) is 14.2. The van der Waals surface area contributed by atoms with Gasteiger partial charge in [0.2, 0.25) is 0 Å². The lowest BCUT2D eigenvalue weighted by atomic mass is 9.69. The normalized spacial score (nSPS) is 16.7. The molecule has 0 aliphatic heterocycles. The van der Waals surface area contributed by atoms with E-state index in [0.717, 1.165) is 6.42 Å². The van der Waals surface area contributed by atoms with Gasteiger partial charge in [-0.1, -0.05) is 59.6 Å². The second-order valence-corrected chi connectivity index (χ2v) is 7.43. The molecular formula is C17H28O2S. The first-order valence-corrected chi connectivity index (χ1v) is 8.63. The molecule has 2 nitrogen and oxygen atoms in total. The molecule has 1 aromatic carbocycles. The van der Waals surface area contributed by atoms with Gasteiger partial charge in [-0.3, -0.25) is 0 Å². The van der Waals surface area contributed by atoms with Gasteiger partial charge < -0.3 is 4.55 Å². The SMILES string of the molecule is CCC(C)CC(c1ccc(S(=O)O)cc1)C(C)(C)CC. The van der Waals surface area contributed by atoms with Crippen molar-refractivity contribution >= 4 is 11.1 Å². The zero-order valence-electron chi connectivity index (χ0n) is 13.3. The molecule has 3 heteroatoms. The zero-order chi connectivity index (χ0) is 15.3. The highest BCUT2D eigenvalue weighted by molar-refractivity contribution is 7.79. The van der Waals surface area contributed by atoms with E-state index in [1.807, 2.05) is 12.1 Å². The van der Waals surface area contributed by atoms with Crippen molar-refractivity contribution in [3.63, 3.8) is 0 Å². The van der Waals surface area contributed by atoms with E-state index in [0.29, 0.717) is 16.7 Å². The quantitative estimate of drug-likeness (QED) is 0.700. The third-order valence-corrected chi connectivity index (χ3v) is 5.35. The molecule has 1 aromatic rings. The summed E-state index contributed by atoms with van der Waals surface area (Å²) in [5.74, 6) is 1.18. The monoisotopic (exact) mass is 296 g/mol. The Balaban J connectivity index is 3.06. The molecule has 0 saturated heterocycles. The minimum Gasteiger partial charge on any atom is -0.302 e. The highest BCUT2D eigenvalue weighted by Crippen LogP contribution is 2.42. The van der Waals surface area contributed by atoms with Gasteiger partial charge in [0.1, 0.15) is 0 Å². The smallest absolute Gasteiger partial charge is 0.186 e. The lowest BCUT2D eigenvalue weighted by Gasteiger charge is -2.36. The molecule has 114 valence electrons. The Hall–Kier alpha value is -0.670. The first-order chi connectivity index (χ1) is 9.31. The molecule has 1 N–H and O–H groups in total. The van der Waals surface area contributed by atoms with Gasteiger partial charge in [-0.2, -0.15) is 0 Å². The van der Waals surface area contributed by atoms with E-state index in [4.69, 9.17) is 4.55 Å². The van der Waals surface area contributed by atoms with Crippen LogP contribution in [0.5, 0.6) is 0 Å². The maximum Gasteiger partial charge on any atom is 0.186 e. The number of benzene rings is 1. The topological polar surface area (TPSA) is 37.3 Å². The van der Waals surface area contributed by atoms with Crippen LogP contribution < -0.4 is 0 Å². The molecular weight excluding hydrogens is 268 g/mol. The summed E-state index contributed by atoms with van der Waals surface area (Å²) >= 11 is -1.89. The van der Waals surface area contributed by atoms with E-state index in [9.17, 15) is 4.21 Å². The maximum atomic E-state index is 11.1. The molecule has 0 aromatic heterocycles. The van der Waals surface area contributed by atoms with Crippen molar-refractivity contribution in [3.05, 3.63) is 29.8 Å². The Morgan fingerprint density at radius 2 is 1.75 bits per heavy atom. The van der Waals surface area contributed by atoms with Gasteiger partial charge in [-0.25, -0.2) is 4.21 Å². The Morgan fingerprint density at radius 3 is 2.15 bits per heavy atom. The lowest BCUT2D eigenvalue weighted by Crippen LogP contribution is -2.23. The Labute approximate surface area is 126 Å². The molecule has 20 heavy (non-hydrogen) atoms. The molecule has 1 rings (SSSR count). The summed E-state index contributed by atoms with van der Waals surface area (Å²) in [6, 6.07) is 7.60. The van der Waals surface area contributed by atoms with Crippen molar-refractivity contribution < 1.29 is 8.76 Å². The van der Waals surface area contributed by atoms with Crippen molar-refractivity contribution in [2.45, 2.75) is 64.7 Å². The second kappa shape index (κ2) is 7.37. The number of hydrogen-bond donors (Lipinski definition) is 1. The molecule has 0 saturated carbocycles. The first kappa shape index (κ1) is 17.4. The van der Waals surface area contributed by atoms with Crippen molar-refractivity contribution in [3.8, 4) is 0 Å². The van der Waals surface area contributed by atoms with Gasteiger partial charge >= 0.3 is 0 Å².